The van der Waals surface area contributed by atoms with E-state index in [0.717, 1.165) is 17.5 Å². The molecule has 0 bridgehead atoms. The van der Waals surface area contributed by atoms with Gasteiger partial charge in [0.1, 0.15) is 5.82 Å². The largest absolute Gasteiger partial charge is 0.379 e. The smallest absolute Gasteiger partial charge is 0.256 e. The molecule has 2 aromatic rings. The highest BCUT2D eigenvalue weighted by Gasteiger charge is 2.41. The third-order valence-electron chi connectivity index (χ3n) is 4.86. The first-order chi connectivity index (χ1) is 12.5. The summed E-state index contributed by atoms with van der Waals surface area (Å²) in [5.74, 6) is -0.556. The molecule has 5 heteroatoms. The van der Waals surface area contributed by atoms with E-state index in [9.17, 15) is 14.3 Å². The Morgan fingerprint density at radius 1 is 1.12 bits per heavy atom. The number of likely N-dealkylation sites (tertiary alicyclic amines) is 1. The monoisotopic (exact) mass is 356 g/mol. The molecule has 1 saturated heterocycles. The Morgan fingerprint density at radius 2 is 1.77 bits per heavy atom. The normalized spacial score (nSPS) is 20.4. The van der Waals surface area contributed by atoms with Gasteiger partial charge in [0.2, 0.25) is 0 Å². The zero-order valence-corrected chi connectivity index (χ0v) is 15.0. The second-order valence-electron chi connectivity index (χ2n) is 7.08. The van der Waals surface area contributed by atoms with Crippen LogP contribution in [0, 0.1) is 12.7 Å². The van der Waals surface area contributed by atoms with Crippen molar-refractivity contribution in [2.24, 2.45) is 0 Å². The van der Waals surface area contributed by atoms with Crippen LogP contribution in [0.1, 0.15) is 29.5 Å². The average Bonchev–Trinajstić information content (AvgIpc) is 2.63. The first-order valence-corrected chi connectivity index (χ1v) is 8.99. The molecule has 0 unspecified atom stereocenters. The number of nitrogens with one attached hydrogen (secondary N) is 1. The summed E-state index contributed by atoms with van der Waals surface area (Å²) in [5.41, 5.74) is 1.79. The van der Waals surface area contributed by atoms with Crippen molar-refractivity contribution >= 4 is 5.91 Å². The van der Waals surface area contributed by atoms with Crippen molar-refractivity contribution in [2.45, 2.75) is 38.5 Å². The van der Waals surface area contributed by atoms with Crippen molar-refractivity contribution in [3.63, 3.8) is 0 Å². The van der Waals surface area contributed by atoms with Gasteiger partial charge in [-0.15, -0.1) is 0 Å². The number of rotatable bonds is 6. The molecule has 2 aromatic carbocycles. The number of benzene rings is 2. The van der Waals surface area contributed by atoms with E-state index in [4.69, 9.17) is 0 Å². The fourth-order valence-electron chi connectivity index (χ4n) is 3.31. The van der Waals surface area contributed by atoms with Crippen molar-refractivity contribution in [1.82, 2.24) is 10.2 Å². The zero-order chi connectivity index (χ0) is 18.6. The molecule has 0 saturated carbocycles. The molecule has 1 fully saturated rings. The van der Waals surface area contributed by atoms with E-state index in [1.54, 1.807) is 17.0 Å². The van der Waals surface area contributed by atoms with E-state index < -0.39 is 5.60 Å². The van der Waals surface area contributed by atoms with Gasteiger partial charge in [-0.05, 0) is 43.0 Å². The van der Waals surface area contributed by atoms with Crippen molar-refractivity contribution < 1.29 is 14.3 Å². The maximum Gasteiger partial charge on any atom is 0.256 e. The van der Waals surface area contributed by atoms with Gasteiger partial charge in [-0.2, -0.15) is 0 Å². The quantitative estimate of drug-likeness (QED) is 0.837. The molecule has 1 amide bonds. The molecule has 26 heavy (non-hydrogen) atoms. The molecule has 138 valence electrons. The van der Waals surface area contributed by atoms with Gasteiger partial charge in [0, 0.05) is 26.2 Å². The van der Waals surface area contributed by atoms with Crippen LogP contribution >= 0.6 is 0 Å². The van der Waals surface area contributed by atoms with Gasteiger partial charge in [0.25, 0.3) is 5.91 Å². The number of carbonyl (C=O) groups excluding carboxylic acids is 1. The number of halogens is 1. The Balaban J connectivity index is 1.58. The Labute approximate surface area is 153 Å². The van der Waals surface area contributed by atoms with Crippen molar-refractivity contribution in [3.05, 3.63) is 71.0 Å². The molecular formula is C21H25FN2O2. The van der Waals surface area contributed by atoms with Gasteiger partial charge in [0.15, 0.2) is 5.60 Å². The summed E-state index contributed by atoms with van der Waals surface area (Å²) >= 11 is 0. The lowest BCUT2D eigenvalue weighted by Crippen LogP contribution is -2.57. The fourth-order valence-corrected chi connectivity index (χ4v) is 3.31. The number of carbonyl (C=O) groups is 1. The Bertz CT molecular complexity index is 746. The minimum absolute atomic E-state index is 0.222. The van der Waals surface area contributed by atoms with Crippen LogP contribution in [0.15, 0.2) is 48.5 Å². The lowest BCUT2D eigenvalue weighted by atomic mass is 9.91. The number of nitrogens with zero attached hydrogens (tertiary/aromatic N) is 1. The SMILES string of the molecule is Cc1ccc(CNC[C@]2(O)CCCN(Cc3ccc(F)cc3)C2=O)cc1. The molecule has 0 spiro atoms. The van der Waals surface area contributed by atoms with Gasteiger partial charge in [-0.3, -0.25) is 4.79 Å². The van der Waals surface area contributed by atoms with Gasteiger partial charge in [-0.25, -0.2) is 4.39 Å². The minimum Gasteiger partial charge on any atom is -0.379 e. The van der Waals surface area contributed by atoms with E-state index in [2.05, 4.69) is 5.32 Å². The maximum atomic E-state index is 13.0. The van der Waals surface area contributed by atoms with E-state index in [-0.39, 0.29) is 18.3 Å². The summed E-state index contributed by atoms with van der Waals surface area (Å²) in [5, 5.41) is 14.0. The third kappa shape index (κ3) is 4.48. The lowest BCUT2D eigenvalue weighted by molar-refractivity contribution is -0.157. The topological polar surface area (TPSA) is 52.6 Å². The van der Waals surface area contributed by atoms with Crippen LogP contribution in [-0.4, -0.2) is 34.6 Å². The highest BCUT2D eigenvalue weighted by Crippen LogP contribution is 2.24. The van der Waals surface area contributed by atoms with Crippen molar-refractivity contribution in [3.8, 4) is 0 Å². The molecule has 0 radical (unpaired) electrons. The lowest BCUT2D eigenvalue weighted by Gasteiger charge is -2.38. The molecule has 4 nitrogen and oxygen atoms in total. The van der Waals surface area contributed by atoms with E-state index in [1.807, 2.05) is 31.2 Å². The van der Waals surface area contributed by atoms with Crippen molar-refractivity contribution in [2.75, 3.05) is 13.1 Å². The Morgan fingerprint density at radius 3 is 2.46 bits per heavy atom. The zero-order valence-electron chi connectivity index (χ0n) is 15.0. The van der Waals surface area contributed by atoms with Crippen LogP contribution in [0.2, 0.25) is 0 Å². The predicted molar refractivity (Wildman–Crippen MR) is 98.9 cm³/mol. The number of aliphatic hydroxyl groups is 1. The van der Waals surface area contributed by atoms with E-state index in [0.29, 0.717) is 26.1 Å². The molecule has 0 aromatic heterocycles. The molecule has 3 rings (SSSR count). The fraction of sp³-hybridized carbons (Fsp3) is 0.381. The molecule has 0 aliphatic carbocycles. The van der Waals surface area contributed by atoms with Crippen LogP contribution < -0.4 is 5.32 Å². The first-order valence-electron chi connectivity index (χ1n) is 8.99. The van der Waals surface area contributed by atoms with E-state index in [1.165, 1.54) is 17.7 Å². The highest BCUT2D eigenvalue weighted by atomic mass is 19.1. The molecule has 1 aliphatic heterocycles. The number of hydrogen-bond acceptors (Lipinski definition) is 3. The second-order valence-corrected chi connectivity index (χ2v) is 7.08. The first kappa shape index (κ1) is 18.5. The number of hydrogen-bond donors (Lipinski definition) is 2. The van der Waals surface area contributed by atoms with Crippen LogP contribution in [-0.2, 0) is 17.9 Å². The summed E-state index contributed by atoms with van der Waals surface area (Å²) < 4.78 is 13.0. The van der Waals surface area contributed by atoms with Gasteiger partial charge < -0.3 is 15.3 Å². The molecule has 1 aliphatic rings. The third-order valence-corrected chi connectivity index (χ3v) is 4.86. The number of aryl methyl sites for hydroxylation is 1. The summed E-state index contributed by atoms with van der Waals surface area (Å²) in [7, 11) is 0. The van der Waals surface area contributed by atoms with Crippen LogP contribution in [0.5, 0.6) is 0 Å². The van der Waals surface area contributed by atoms with E-state index >= 15 is 0 Å². The molecule has 2 N–H and O–H groups in total. The Kier molecular flexibility index (Phi) is 5.69. The Hall–Kier alpha value is -2.24. The predicted octanol–water partition coefficient (Wildman–Crippen LogP) is 2.78. The summed E-state index contributed by atoms with van der Waals surface area (Å²) in [4.78, 5) is 14.4. The number of amides is 1. The molecule has 1 heterocycles. The highest BCUT2D eigenvalue weighted by molar-refractivity contribution is 5.86. The van der Waals surface area contributed by atoms with Crippen LogP contribution in [0.3, 0.4) is 0 Å². The summed E-state index contributed by atoms with van der Waals surface area (Å²) in [6.45, 7) is 3.86. The number of piperidine rings is 1. The maximum absolute atomic E-state index is 13.0. The van der Waals surface area contributed by atoms with Crippen LogP contribution in [0.25, 0.3) is 0 Å². The summed E-state index contributed by atoms with van der Waals surface area (Å²) in [6.07, 6.45) is 1.20. The van der Waals surface area contributed by atoms with Gasteiger partial charge >= 0.3 is 0 Å². The molecular weight excluding hydrogens is 331 g/mol. The van der Waals surface area contributed by atoms with Crippen molar-refractivity contribution in [1.29, 1.82) is 0 Å². The van der Waals surface area contributed by atoms with Gasteiger partial charge in [-0.1, -0.05) is 42.0 Å². The minimum atomic E-state index is -1.39. The second kappa shape index (κ2) is 7.98. The standard InChI is InChI=1S/C21H25FN2O2/c1-16-3-5-17(6-4-16)13-23-15-21(26)11-2-12-24(20(21)25)14-18-7-9-19(22)10-8-18/h3-10,23,26H,2,11-15H2,1H3/t21-/m1/s1. The van der Waals surface area contributed by atoms with Crippen LogP contribution in [0.4, 0.5) is 4.39 Å². The van der Waals surface area contributed by atoms with Gasteiger partial charge in [0.05, 0.1) is 0 Å². The molecule has 1 atom stereocenters. The summed E-state index contributed by atoms with van der Waals surface area (Å²) in [6, 6.07) is 14.3. The average molecular weight is 356 g/mol.